The molecule has 6 atom stereocenters. The van der Waals surface area contributed by atoms with Gasteiger partial charge >= 0.3 is 0 Å². The summed E-state index contributed by atoms with van der Waals surface area (Å²) in [5, 5.41) is 27.6. The fourth-order valence-corrected chi connectivity index (χ4v) is 6.61. The maximum absolute atomic E-state index is 14.3. The highest BCUT2D eigenvalue weighted by molar-refractivity contribution is 5.98. The van der Waals surface area contributed by atoms with E-state index in [9.17, 15) is 33.9 Å². The molecule has 0 unspecified atom stereocenters. The normalized spacial score (nSPS) is 22.4. The summed E-state index contributed by atoms with van der Waals surface area (Å²) in [6.45, 7) is 1.10. The van der Waals surface area contributed by atoms with Gasteiger partial charge in [0.05, 0.1) is 12.6 Å². The van der Waals surface area contributed by atoms with E-state index in [-0.39, 0.29) is 25.7 Å². The van der Waals surface area contributed by atoms with Gasteiger partial charge in [-0.15, -0.1) is 0 Å². The van der Waals surface area contributed by atoms with Gasteiger partial charge in [-0.2, -0.15) is 0 Å². The Bertz CT molecular complexity index is 1970. The molecule has 0 radical (unpaired) electrons. The molecule has 15 heteroatoms. The average Bonchev–Trinajstić information content (AvgIpc) is 3.60. The molecule has 3 aromatic carbocycles. The lowest BCUT2D eigenvalue weighted by atomic mass is 10.0. The van der Waals surface area contributed by atoms with Crippen LogP contribution in [0.5, 0.6) is 0 Å². The Morgan fingerprint density at radius 3 is 1.79 bits per heavy atom. The molecule has 1 aromatic heterocycles. The molecule has 1 saturated heterocycles. The average molecular weight is 767 g/mol. The lowest BCUT2D eigenvalue weighted by molar-refractivity contribution is -0.137. The molecule has 2 heterocycles. The van der Waals surface area contributed by atoms with Crippen molar-refractivity contribution in [3.8, 4) is 0 Å². The van der Waals surface area contributed by atoms with E-state index in [0.29, 0.717) is 24.9 Å². The van der Waals surface area contributed by atoms with Crippen molar-refractivity contribution in [1.29, 1.82) is 0 Å². The van der Waals surface area contributed by atoms with Gasteiger partial charge in [0, 0.05) is 36.4 Å². The van der Waals surface area contributed by atoms with Crippen LogP contribution >= 0.6 is 0 Å². The smallest absolute Gasteiger partial charge is 0.245 e. The molecular formula is C41H50N8O7. The first-order valence-corrected chi connectivity index (χ1v) is 18.8. The first-order chi connectivity index (χ1) is 27.0. The highest BCUT2D eigenvalue weighted by Gasteiger charge is 2.35. The highest BCUT2D eigenvalue weighted by atomic mass is 16.3. The van der Waals surface area contributed by atoms with E-state index in [1.807, 2.05) is 30.3 Å². The van der Waals surface area contributed by atoms with Crippen molar-refractivity contribution < 1.29 is 33.9 Å². The topological polar surface area (TPSA) is 237 Å². The Hall–Kier alpha value is -6.06. The van der Waals surface area contributed by atoms with Crippen LogP contribution in [0.4, 0.5) is 0 Å². The van der Waals surface area contributed by atoms with Crippen molar-refractivity contribution >= 4 is 46.3 Å². The van der Waals surface area contributed by atoms with Crippen molar-refractivity contribution in [2.45, 2.75) is 81.8 Å². The van der Waals surface area contributed by atoms with Gasteiger partial charge in [0.25, 0.3) is 0 Å². The van der Waals surface area contributed by atoms with E-state index in [2.05, 4.69) is 36.9 Å². The fraction of sp³-hybridized carbons (Fsp3) is 0.366. The summed E-state index contributed by atoms with van der Waals surface area (Å²) in [7, 11) is 0. The van der Waals surface area contributed by atoms with Crippen molar-refractivity contribution in [2.24, 2.45) is 5.73 Å². The number of fused-ring (bicyclic) bond motifs is 1. The Morgan fingerprint density at radius 1 is 0.625 bits per heavy atom. The zero-order chi connectivity index (χ0) is 40.0. The zero-order valence-corrected chi connectivity index (χ0v) is 31.3. The Labute approximate surface area is 324 Å². The number of nitrogens with one attached hydrogen (secondary N) is 7. The number of carbonyl (C=O) groups is 6. The number of H-pyrrole nitrogens is 1. The number of aromatic nitrogens is 1. The van der Waals surface area contributed by atoms with Crippen LogP contribution < -0.4 is 37.6 Å². The van der Waals surface area contributed by atoms with Gasteiger partial charge in [-0.3, -0.25) is 28.8 Å². The molecule has 56 heavy (non-hydrogen) atoms. The second-order valence-corrected chi connectivity index (χ2v) is 14.0. The minimum absolute atomic E-state index is 0.0162. The summed E-state index contributed by atoms with van der Waals surface area (Å²) in [5.74, 6) is -4.35. The molecule has 0 spiro atoms. The number of aliphatic hydroxyl groups excluding tert-OH is 1. The first kappa shape index (κ1) is 41.1. The van der Waals surface area contributed by atoms with Gasteiger partial charge in [0.2, 0.25) is 35.4 Å². The third kappa shape index (κ3) is 11.5. The number of unbranched alkanes of at least 4 members (excludes halogenated alkanes) is 1. The quantitative estimate of drug-likeness (QED) is 0.0959. The van der Waals surface area contributed by atoms with Crippen molar-refractivity contribution in [3.63, 3.8) is 0 Å². The van der Waals surface area contributed by atoms with E-state index >= 15 is 0 Å². The van der Waals surface area contributed by atoms with Gasteiger partial charge < -0.3 is 47.7 Å². The molecule has 5 rings (SSSR count). The van der Waals surface area contributed by atoms with Gasteiger partial charge in [-0.05, 0) is 55.5 Å². The number of carbonyl (C=O) groups excluding carboxylic acids is 6. The van der Waals surface area contributed by atoms with E-state index in [1.165, 1.54) is 6.92 Å². The first-order valence-electron chi connectivity index (χ1n) is 18.8. The molecule has 296 valence electrons. The molecule has 4 aromatic rings. The maximum Gasteiger partial charge on any atom is 0.245 e. The second kappa shape index (κ2) is 20.0. The largest absolute Gasteiger partial charge is 0.391 e. The Balaban J connectivity index is 1.51. The molecule has 1 aliphatic heterocycles. The van der Waals surface area contributed by atoms with Crippen LogP contribution in [0.3, 0.4) is 0 Å². The molecule has 10 N–H and O–H groups in total. The van der Waals surface area contributed by atoms with Crippen molar-refractivity contribution in [3.05, 3.63) is 108 Å². The number of hydrogen-bond acceptors (Lipinski definition) is 8. The SMILES string of the molecule is C[C@@H](O)[C@@H]1NC(=O)[C@H](CCCCN)NC(=O)[C@@H](Cc2c[nH]c3ccccc23)NC(=O)[C@H](Cc2ccccc2)NC(=O)CNC(=O)[C@H](Cc2ccccc2)NC1=O. The van der Waals surface area contributed by atoms with E-state index < -0.39 is 78.3 Å². The monoisotopic (exact) mass is 766 g/mol. The third-order valence-electron chi connectivity index (χ3n) is 9.65. The van der Waals surface area contributed by atoms with Gasteiger partial charge in [0.1, 0.15) is 30.2 Å². The molecule has 15 nitrogen and oxygen atoms in total. The summed E-state index contributed by atoms with van der Waals surface area (Å²) >= 11 is 0. The number of benzene rings is 3. The molecule has 0 bridgehead atoms. The summed E-state index contributed by atoms with van der Waals surface area (Å²) < 4.78 is 0. The fourth-order valence-electron chi connectivity index (χ4n) is 6.61. The zero-order valence-electron chi connectivity index (χ0n) is 31.3. The molecule has 0 saturated carbocycles. The van der Waals surface area contributed by atoms with Crippen LogP contribution in [-0.4, -0.2) is 94.9 Å². The molecule has 1 aliphatic rings. The van der Waals surface area contributed by atoms with E-state index in [4.69, 9.17) is 5.73 Å². The number of amides is 6. The minimum atomic E-state index is -1.52. The maximum atomic E-state index is 14.3. The highest BCUT2D eigenvalue weighted by Crippen LogP contribution is 2.20. The van der Waals surface area contributed by atoms with Crippen LogP contribution in [0.25, 0.3) is 10.9 Å². The molecular weight excluding hydrogens is 716 g/mol. The van der Waals surface area contributed by atoms with Crippen LogP contribution in [0.1, 0.15) is 42.9 Å². The number of para-hydroxylation sites is 1. The summed E-state index contributed by atoms with van der Waals surface area (Å²) in [4.78, 5) is 86.3. The summed E-state index contributed by atoms with van der Waals surface area (Å²) in [6, 6.07) is 19.0. The molecule has 1 fully saturated rings. The predicted molar refractivity (Wildman–Crippen MR) is 210 cm³/mol. The lowest BCUT2D eigenvalue weighted by Gasteiger charge is -2.29. The standard InChI is InChI=1S/C41H50N8O7/c1-25(50)36-41(56)48-32(20-26-12-4-2-5-13-26)37(52)44-24-35(51)45-33(21-27-14-6-3-7-15-27)39(54)47-34(22-28-23-43-30-17-9-8-16-29(28)30)40(55)46-31(38(53)49-36)18-10-11-19-42/h2-9,12-17,23,25,31-34,36,43,50H,10-11,18-22,24,42H2,1H3,(H,44,52)(H,45,51)(H,46,55)(H,47,54)(H,48,56)(H,49,53)/t25-,31+,32+,33+,34-,36+/m1/s1. The number of nitrogens with two attached hydrogens (primary N) is 1. The Kier molecular flexibility index (Phi) is 14.7. The van der Waals surface area contributed by atoms with E-state index in [0.717, 1.165) is 22.0 Å². The second-order valence-electron chi connectivity index (χ2n) is 14.0. The van der Waals surface area contributed by atoms with Crippen LogP contribution in [0, 0.1) is 0 Å². The summed E-state index contributed by atoms with van der Waals surface area (Å²) in [6.07, 6.45) is 1.53. The van der Waals surface area contributed by atoms with Crippen LogP contribution in [0.15, 0.2) is 91.1 Å². The van der Waals surface area contributed by atoms with Crippen LogP contribution in [0.2, 0.25) is 0 Å². The predicted octanol–water partition coefficient (Wildman–Crippen LogP) is 0.259. The number of hydrogen-bond donors (Lipinski definition) is 9. The number of aliphatic hydroxyl groups is 1. The molecule has 0 aliphatic carbocycles. The lowest BCUT2D eigenvalue weighted by Crippen LogP contribution is -2.62. The van der Waals surface area contributed by atoms with Gasteiger partial charge in [-0.1, -0.05) is 78.9 Å². The van der Waals surface area contributed by atoms with Crippen molar-refractivity contribution in [2.75, 3.05) is 13.1 Å². The minimum Gasteiger partial charge on any atom is -0.391 e. The molecule has 6 amide bonds. The van der Waals surface area contributed by atoms with Crippen LogP contribution in [-0.2, 0) is 48.0 Å². The number of aromatic amines is 1. The number of rotatable bonds is 11. The van der Waals surface area contributed by atoms with Crippen molar-refractivity contribution in [1.82, 2.24) is 36.9 Å². The van der Waals surface area contributed by atoms with Gasteiger partial charge in [-0.25, -0.2) is 0 Å². The Morgan fingerprint density at radius 2 is 1.16 bits per heavy atom. The van der Waals surface area contributed by atoms with Gasteiger partial charge in [0.15, 0.2) is 0 Å². The van der Waals surface area contributed by atoms with E-state index in [1.54, 1.807) is 60.8 Å². The third-order valence-corrected chi connectivity index (χ3v) is 9.65. The summed E-state index contributed by atoms with van der Waals surface area (Å²) in [5.41, 5.74) is 8.70.